The van der Waals surface area contributed by atoms with Crippen LogP contribution in [0.25, 0.3) is 0 Å². The second-order valence-electron chi connectivity index (χ2n) is 3.58. The molecule has 2 rings (SSSR count). The van der Waals surface area contributed by atoms with Gasteiger partial charge in [0.05, 0.1) is 15.7 Å². The molecule has 0 aliphatic heterocycles. The van der Waals surface area contributed by atoms with Gasteiger partial charge < -0.3 is 0 Å². The number of aromatic nitrogens is 1. The van der Waals surface area contributed by atoms with E-state index in [1.165, 1.54) is 18.5 Å². The molecule has 0 saturated heterocycles. The third-order valence-electron chi connectivity index (χ3n) is 2.24. The van der Waals surface area contributed by atoms with E-state index in [0.717, 1.165) is 5.56 Å². The van der Waals surface area contributed by atoms with Crippen molar-refractivity contribution in [3.05, 3.63) is 59.4 Å². The molecule has 5 heteroatoms. The summed E-state index contributed by atoms with van der Waals surface area (Å²) in [7, 11) is -3.38. The molecule has 0 N–H and O–H groups in total. The minimum Gasteiger partial charge on any atom is -0.262 e. The lowest BCUT2D eigenvalue weighted by molar-refractivity contribution is 0.595. The summed E-state index contributed by atoms with van der Waals surface area (Å²) in [4.78, 5) is 3.93. The zero-order valence-electron chi connectivity index (χ0n) is 8.88. The maximum atomic E-state index is 12.1. The molecular formula is C12H10ClNO2S. The van der Waals surface area contributed by atoms with Gasteiger partial charge in [0, 0.05) is 12.4 Å². The van der Waals surface area contributed by atoms with Gasteiger partial charge in [-0.25, -0.2) is 8.42 Å². The van der Waals surface area contributed by atoms with E-state index in [1.54, 1.807) is 24.3 Å². The predicted molar refractivity (Wildman–Crippen MR) is 66.6 cm³/mol. The van der Waals surface area contributed by atoms with Crippen molar-refractivity contribution in [1.82, 2.24) is 4.98 Å². The SMILES string of the molecule is O=S(=O)(Cc1ccccc1)c1cncc(Cl)c1. The van der Waals surface area contributed by atoms with Gasteiger partial charge in [0.25, 0.3) is 0 Å². The van der Waals surface area contributed by atoms with E-state index >= 15 is 0 Å². The normalized spacial score (nSPS) is 11.4. The van der Waals surface area contributed by atoms with Crippen LogP contribution >= 0.6 is 11.6 Å². The highest BCUT2D eigenvalue weighted by Gasteiger charge is 2.15. The van der Waals surface area contributed by atoms with Crippen molar-refractivity contribution in [1.29, 1.82) is 0 Å². The molecule has 2 aromatic rings. The fraction of sp³-hybridized carbons (Fsp3) is 0.0833. The van der Waals surface area contributed by atoms with E-state index < -0.39 is 9.84 Å². The Labute approximate surface area is 105 Å². The minimum atomic E-state index is -3.38. The van der Waals surface area contributed by atoms with Crippen LogP contribution < -0.4 is 0 Å². The molecule has 0 spiro atoms. The van der Waals surface area contributed by atoms with Crippen LogP contribution in [0.4, 0.5) is 0 Å². The van der Waals surface area contributed by atoms with Gasteiger partial charge in [-0.1, -0.05) is 41.9 Å². The van der Waals surface area contributed by atoms with Crippen LogP contribution in [0.2, 0.25) is 5.02 Å². The second kappa shape index (κ2) is 4.85. The van der Waals surface area contributed by atoms with Gasteiger partial charge in [-0.15, -0.1) is 0 Å². The summed E-state index contributed by atoms with van der Waals surface area (Å²) in [6, 6.07) is 10.4. The molecule has 0 radical (unpaired) electrons. The molecule has 0 bridgehead atoms. The molecule has 0 aliphatic carbocycles. The summed E-state index contributed by atoms with van der Waals surface area (Å²) >= 11 is 5.73. The first-order chi connectivity index (χ1) is 8.08. The average Bonchev–Trinajstić information content (AvgIpc) is 2.30. The maximum Gasteiger partial charge on any atom is 0.184 e. The zero-order valence-corrected chi connectivity index (χ0v) is 10.4. The van der Waals surface area contributed by atoms with Crippen LogP contribution in [0.15, 0.2) is 53.7 Å². The Kier molecular flexibility index (Phi) is 3.45. The summed E-state index contributed by atoms with van der Waals surface area (Å²) in [5.74, 6) is -0.0458. The van der Waals surface area contributed by atoms with Gasteiger partial charge in [-0.2, -0.15) is 0 Å². The Morgan fingerprint density at radius 1 is 1.12 bits per heavy atom. The zero-order chi connectivity index (χ0) is 12.3. The van der Waals surface area contributed by atoms with Crippen molar-refractivity contribution in [3.8, 4) is 0 Å². The summed E-state index contributed by atoms with van der Waals surface area (Å²) in [6.45, 7) is 0. The van der Waals surface area contributed by atoms with Crippen LogP contribution in [0.5, 0.6) is 0 Å². The fourth-order valence-electron chi connectivity index (χ4n) is 1.44. The molecule has 0 fully saturated rings. The molecule has 1 aromatic heterocycles. The standard InChI is InChI=1S/C12H10ClNO2S/c13-11-6-12(8-14-7-11)17(15,16)9-10-4-2-1-3-5-10/h1-8H,9H2. The number of rotatable bonds is 3. The van der Waals surface area contributed by atoms with Gasteiger partial charge in [-0.3, -0.25) is 4.98 Å². The van der Waals surface area contributed by atoms with Crippen molar-refractivity contribution >= 4 is 21.4 Å². The first-order valence-electron chi connectivity index (χ1n) is 4.95. The number of benzene rings is 1. The second-order valence-corrected chi connectivity index (χ2v) is 6.01. The van der Waals surface area contributed by atoms with Gasteiger partial charge >= 0.3 is 0 Å². The van der Waals surface area contributed by atoms with E-state index in [-0.39, 0.29) is 10.6 Å². The average molecular weight is 268 g/mol. The number of hydrogen-bond donors (Lipinski definition) is 0. The molecule has 0 unspecified atom stereocenters. The Morgan fingerprint density at radius 3 is 2.47 bits per heavy atom. The first kappa shape index (κ1) is 12.1. The van der Waals surface area contributed by atoms with Gasteiger partial charge in [0.1, 0.15) is 0 Å². The van der Waals surface area contributed by atoms with Gasteiger partial charge in [0.2, 0.25) is 0 Å². The van der Waals surface area contributed by atoms with E-state index in [2.05, 4.69) is 4.98 Å². The Balaban J connectivity index is 2.32. The topological polar surface area (TPSA) is 47.0 Å². The van der Waals surface area contributed by atoms with E-state index in [9.17, 15) is 8.42 Å². The number of pyridine rings is 1. The number of sulfone groups is 1. The van der Waals surface area contributed by atoms with Crippen LogP contribution in [-0.4, -0.2) is 13.4 Å². The molecule has 0 atom stereocenters. The van der Waals surface area contributed by atoms with E-state index in [1.807, 2.05) is 6.07 Å². The highest BCUT2D eigenvalue weighted by molar-refractivity contribution is 7.90. The summed E-state index contributed by atoms with van der Waals surface area (Å²) in [5, 5.41) is 0.319. The monoisotopic (exact) mass is 267 g/mol. The fourth-order valence-corrected chi connectivity index (χ4v) is 3.00. The number of halogens is 1. The number of hydrogen-bond acceptors (Lipinski definition) is 3. The summed E-state index contributed by atoms with van der Waals surface area (Å²) in [6.07, 6.45) is 2.72. The maximum absolute atomic E-state index is 12.1. The van der Waals surface area contributed by atoms with Crippen LogP contribution in [-0.2, 0) is 15.6 Å². The molecule has 3 nitrogen and oxygen atoms in total. The van der Waals surface area contributed by atoms with Crippen molar-refractivity contribution in [3.63, 3.8) is 0 Å². The molecular weight excluding hydrogens is 258 g/mol. The van der Waals surface area contributed by atoms with Crippen LogP contribution in [0.3, 0.4) is 0 Å². The summed E-state index contributed by atoms with van der Waals surface area (Å²) < 4.78 is 24.1. The van der Waals surface area contributed by atoms with E-state index in [0.29, 0.717) is 5.02 Å². The summed E-state index contributed by atoms with van der Waals surface area (Å²) in [5.41, 5.74) is 0.743. The van der Waals surface area contributed by atoms with Crippen molar-refractivity contribution in [2.24, 2.45) is 0 Å². The first-order valence-corrected chi connectivity index (χ1v) is 6.98. The molecule has 0 aliphatic rings. The molecule has 0 saturated carbocycles. The van der Waals surface area contributed by atoms with Gasteiger partial charge in [0.15, 0.2) is 9.84 Å². The molecule has 1 heterocycles. The largest absolute Gasteiger partial charge is 0.262 e. The molecule has 88 valence electrons. The van der Waals surface area contributed by atoms with E-state index in [4.69, 9.17) is 11.6 Å². The molecule has 17 heavy (non-hydrogen) atoms. The lowest BCUT2D eigenvalue weighted by Gasteiger charge is -2.04. The Bertz CT molecular complexity index is 611. The lowest BCUT2D eigenvalue weighted by atomic mass is 10.2. The van der Waals surface area contributed by atoms with Crippen molar-refractivity contribution in [2.45, 2.75) is 10.6 Å². The van der Waals surface area contributed by atoms with Crippen LogP contribution in [0.1, 0.15) is 5.56 Å². The third-order valence-corrected chi connectivity index (χ3v) is 4.10. The molecule has 0 amide bonds. The lowest BCUT2D eigenvalue weighted by Crippen LogP contribution is -2.05. The Morgan fingerprint density at radius 2 is 1.82 bits per heavy atom. The van der Waals surface area contributed by atoms with Crippen molar-refractivity contribution < 1.29 is 8.42 Å². The van der Waals surface area contributed by atoms with Gasteiger partial charge in [-0.05, 0) is 11.6 Å². The number of nitrogens with zero attached hydrogens (tertiary/aromatic N) is 1. The Hall–Kier alpha value is -1.39. The third kappa shape index (κ3) is 3.05. The smallest absolute Gasteiger partial charge is 0.184 e. The highest BCUT2D eigenvalue weighted by atomic mass is 35.5. The quantitative estimate of drug-likeness (QED) is 0.859. The molecule has 1 aromatic carbocycles. The van der Waals surface area contributed by atoms with Crippen LogP contribution in [0, 0.1) is 0 Å². The minimum absolute atomic E-state index is 0.0458. The van der Waals surface area contributed by atoms with Crippen molar-refractivity contribution in [2.75, 3.05) is 0 Å². The predicted octanol–water partition coefficient (Wildman–Crippen LogP) is 2.71. The highest BCUT2D eigenvalue weighted by Crippen LogP contribution is 2.18.